The summed E-state index contributed by atoms with van der Waals surface area (Å²) in [6, 6.07) is 13.7. The summed E-state index contributed by atoms with van der Waals surface area (Å²) in [5, 5.41) is 10.7. The van der Waals surface area contributed by atoms with Crippen molar-refractivity contribution in [3.63, 3.8) is 0 Å². The van der Waals surface area contributed by atoms with Crippen molar-refractivity contribution >= 4 is 17.4 Å². The van der Waals surface area contributed by atoms with Gasteiger partial charge in [0.05, 0.1) is 24.8 Å². The maximum absolute atomic E-state index is 13.2. The molecule has 1 aliphatic rings. The summed E-state index contributed by atoms with van der Waals surface area (Å²) < 4.78 is 11.3. The van der Waals surface area contributed by atoms with E-state index in [0.29, 0.717) is 30.4 Å². The molecule has 1 unspecified atom stereocenters. The molecule has 0 aliphatic carbocycles. The normalized spacial score (nSPS) is 16.2. The summed E-state index contributed by atoms with van der Waals surface area (Å²) in [6.45, 7) is 8.52. The van der Waals surface area contributed by atoms with Crippen molar-refractivity contribution in [2.75, 3.05) is 18.1 Å². The molecule has 0 bridgehead atoms. The van der Waals surface area contributed by atoms with Crippen molar-refractivity contribution in [2.45, 2.75) is 40.2 Å². The van der Waals surface area contributed by atoms with Crippen LogP contribution in [0.3, 0.4) is 0 Å². The van der Waals surface area contributed by atoms with Gasteiger partial charge in [0.15, 0.2) is 23.0 Å². The van der Waals surface area contributed by atoms with Crippen LogP contribution in [0.1, 0.15) is 45.7 Å². The van der Waals surface area contributed by atoms with Crippen LogP contribution in [-0.2, 0) is 9.59 Å². The Morgan fingerprint density at radius 1 is 1.03 bits per heavy atom. The van der Waals surface area contributed by atoms with E-state index in [1.807, 2.05) is 58.0 Å². The van der Waals surface area contributed by atoms with E-state index >= 15 is 0 Å². The monoisotopic (exact) mass is 423 g/mol. The fourth-order valence-electron chi connectivity index (χ4n) is 3.78. The Kier molecular flexibility index (Phi) is 7.00. The maximum atomic E-state index is 13.2. The molecule has 0 saturated heterocycles. The molecule has 1 N–H and O–H groups in total. The van der Waals surface area contributed by atoms with Gasteiger partial charge in [0.25, 0.3) is 5.91 Å². The Hall–Kier alpha value is -3.28. The number of ketones is 1. The third-order valence-corrected chi connectivity index (χ3v) is 5.02. The van der Waals surface area contributed by atoms with Crippen molar-refractivity contribution < 1.29 is 24.2 Å². The lowest BCUT2D eigenvalue weighted by Crippen LogP contribution is -2.31. The van der Waals surface area contributed by atoms with Crippen molar-refractivity contribution in [3.8, 4) is 11.5 Å². The largest absolute Gasteiger partial charge is 0.503 e. The highest BCUT2D eigenvalue weighted by atomic mass is 16.5. The molecule has 2 aromatic carbocycles. The Bertz CT molecular complexity index is 981. The number of ether oxygens (including phenoxy) is 2. The molecule has 0 saturated carbocycles. The fourth-order valence-corrected chi connectivity index (χ4v) is 3.78. The van der Waals surface area contributed by atoms with E-state index in [0.717, 1.165) is 5.56 Å². The second-order valence-electron chi connectivity index (χ2n) is 7.77. The topological polar surface area (TPSA) is 76.1 Å². The van der Waals surface area contributed by atoms with Gasteiger partial charge >= 0.3 is 0 Å². The standard InChI is InChI=1S/C25H29NO5/c1-5-30-20-13-12-18(15-21(20)31-6-2)26-23(17-10-8-7-9-11-17)22(24(28)25(26)29)19(27)14-16(3)4/h7-13,15-16,23,28H,5-6,14H2,1-4H3. The molecule has 0 radical (unpaired) electrons. The number of carbonyl (C=O) groups excluding carboxylic acids is 2. The number of hydrogen-bond donors (Lipinski definition) is 1. The van der Waals surface area contributed by atoms with E-state index in [1.165, 1.54) is 4.90 Å². The number of nitrogens with zero attached hydrogens (tertiary/aromatic N) is 1. The molecule has 6 nitrogen and oxygen atoms in total. The molecule has 0 spiro atoms. The molecule has 3 rings (SSSR count). The lowest BCUT2D eigenvalue weighted by molar-refractivity contribution is -0.118. The summed E-state index contributed by atoms with van der Waals surface area (Å²) in [5.41, 5.74) is 1.40. The van der Waals surface area contributed by atoms with E-state index in [9.17, 15) is 14.7 Å². The highest BCUT2D eigenvalue weighted by molar-refractivity contribution is 6.16. The van der Waals surface area contributed by atoms with Crippen molar-refractivity contribution in [3.05, 3.63) is 65.4 Å². The summed E-state index contributed by atoms with van der Waals surface area (Å²) >= 11 is 0. The van der Waals surface area contributed by atoms with E-state index in [4.69, 9.17) is 9.47 Å². The number of aliphatic hydroxyl groups is 1. The second-order valence-corrected chi connectivity index (χ2v) is 7.77. The average molecular weight is 424 g/mol. The summed E-state index contributed by atoms with van der Waals surface area (Å²) in [5.74, 6) is -0.150. The van der Waals surface area contributed by atoms with Gasteiger partial charge in [0, 0.05) is 18.2 Å². The predicted octanol–water partition coefficient (Wildman–Crippen LogP) is 5.00. The molecule has 1 heterocycles. The molecule has 164 valence electrons. The molecular formula is C25H29NO5. The van der Waals surface area contributed by atoms with Crippen LogP contribution in [0.25, 0.3) is 0 Å². The van der Waals surface area contributed by atoms with Gasteiger partial charge in [-0.15, -0.1) is 0 Å². The Balaban J connectivity index is 2.12. The third-order valence-electron chi connectivity index (χ3n) is 5.02. The molecule has 6 heteroatoms. The molecule has 0 fully saturated rings. The smallest absolute Gasteiger partial charge is 0.294 e. The van der Waals surface area contributed by atoms with Gasteiger partial charge in [-0.3, -0.25) is 14.5 Å². The minimum atomic E-state index is -0.715. The quantitative estimate of drug-likeness (QED) is 0.614. The minimum absolute atomic E-state index is 0.100. The number of carbonyl (C=O) groups is 2. The van der Waals surface area contributed by atoms with E-state index < -0.39 is 17.7 Å². The first-order chi connectivity index (χ1) is 14.9. The first-order valence-electron chi connectivity index (χ1n) is 10.6. The van der Waals surface area contributed by atoms with Crippen LogP contribution < -0.4 is 14.4 Å². The Morgan fingerprint density at radius 2 is 1.68 bits per heavy atom. The molecule has 31 heavy (non-hydrogen) atoms. The summed E-state index contributed by atoms with van der Waals surface area (Å²) in [4.78, 5) is 27.7. The lowest BCUT2D eigenvalue weighted by Gasteiger charge is -2.28. The lowest BCUT2D eigenvalue weighted by atomic mass is 9.92. The van der Waals surface area contributed by atoms with Gasteiger partial charge in [-0.05, 0) is 37.5 Å². The number of amides is 1. The SMILES string of the molecule is CCOc1ccc(N2C(=O)C(O)=C(C(=O)CC(C)C)C2c2ccccc2)cc1OCC. The Labute approximate surface area is 183 Å². The molecule has 1 atom stereocenters. The first kappa shape index (κ1) is 22.4. The van der Waals surface area contributed by atoms with Gasteiger partial charge in [-0.25, -0.2) is 0 Å². The van der Waals surface area contributed by atoms with Gasteiger partial charge in [0.1, 0.15) is 0 Å². The van der Waals surface area contributed by atoms with Gasteiger partial charge in [-0.1, -0.05) is 44.2 Å². The predicted molar refractivity (Wildman–Crippen MR) is 120 cm³/mol. The van der Waals surface area contributed by atoms with Crippen LogP contribution in [0.2, 0.25) is 0 Å². The van der Waals surface area contributed by atoms with Crippen LogP contribution in [0, 0.1) is 5.92 Å². The zero-order valence-electron chi connectivity index (χ0n) is 18.4. The summed E-state index contributed by atoms with van der Waals surface area (Å²) in [6.07, 6.45) is 0.247. The zero-order chi connectivity index (χ0) is 22.5. The summed E-state index contributed by atoms with van der Waals surface area (Å²) in [7, 11) is 0. The minimum Gasteiger partial charge on any atom is -0.503 e. The van der Waals surface area contributed by atoms with Crippen LogP contribution in [0.5, 0.6) is 11.5 Å². The van der Waals surface area contributed by atoms with Crippen LogP contribution in [0.4, 0.5) is 5.69 Å². The number of hydrogen-bond acceptors (Lipinski definition) is 5. The van der Waals surface area contributed by atoms with Crippen molar-refractivity contribution in [1.82, 2.24) is 0 Å². The third kappa shape index (κ3) is 4.58. The molecule has 2 aromatic rings. The van der Waals surface area contributed by atoms with Crippen LogP contribution in [0.15, 0.2) is 59.9 Å². The average Bonchev–Trinajstić information content (AvgIpc) is 3.01. The zero-order valence-corrected chi connectivity index (χ0v) is 18.4. The number of anilines is 1. The van der Waals surface area contributed by atoms with Crippen molar-refractivity contribution in [1.29, 1.82) is 0 Å². The molecule has 1 amide bonds. The van der Waals surface area contributed by atoms with E-state index in [2.05, 4.69) is 0 Å². The van der Waals surface area contributed by atoms with Crippen molar-refractivity contribution in [2.24, 2.45) is 5.92 Å². The maximum Gasteiger partial charge on any atom is 0.294 e. The highest BCUT2D eigenvalue weighted by Gasteiger charge is 2.44. The molecule has 0 aromatic heterocycles. The number of aliphatic hydroxyl groups excluding tert-OH is 1. The van der Waals surface area contributed by atoms with E-state index in [-0.39, 0.29) is 23.7 Å². The molecular weight excluding hydrogens is 394 g/mol. The second kappa shape index (κ2) is 9.69. The highest BCUT2D eigenvalue weighted by Crippen LogP contribution is 2.43. The first-order valence-corrected chi connectivity index (χ1v) is 10.6. The number of rotatable bonds is 9. The van der Waals surface area contributed by atoms with Crippen LogP contribution >= 0.6 is 0 Å². The Morgan fingerprint density at radius 3 is 2.29 bits per heavy atom. The van der Waals surface area contributed by atoms with Gasteiger partial charge in [-0.2, -0.15) is 0 Å². The van der Waals surface area contributed by atoms with E-state index in [1.54, 1.807) is 18.2 Å². The number of Topliss-reactive ketones (excluding diaryl/α,β-unsaturated/α-hetero) is 1. The van der Waals surface area contributed by atoms with Gasteiger partial charge in [0.2, 0.25) is 0 Å². The fraction of sp³-hybridized carbons (Fsp3) is 0.360. The van der Waals surface area contributed by atoms with Crippen LogP contribution in [-0.4, -0.2) is 30.0 Å². The molecule has 1 aliphatic heterocycles. The number of benzene rings is 2. The van der Waals surface area contributed by atoms with Gasteiger partial charge < -0.3 is 14.6 Å².